The van der Waals surface area contributed by atoms with E-state index < -0.39 is 12.1 Å². The minimum Gasteiger partial charge on any atom is -0.475 e. The number of aromatic nitrogens is 2. The molecule has 1 fully saturated rings. The average molecular weight is 434 g/mol. The zero-order chi connectivity index (χ0) is 21.6. The number of rotatable bonds is 5. The van der Waals surface area contributed by atoms with Gasteiger partial charge in [0.25, 0.3) is 0 Å². The van der Waals surface area contributed by atoms with Crippen LogP contribution in [0.2, 0.25) is 5.02 Å². The third-order valence-electron chi connectivity index (χ3n) is 4.73. The van der Waals surface area contributed by atoms with E-state index in [0.29, 0.717) is 10.9 Å². The molecule has 1 aromatic carbocycles. The fourth-order valence-corrected chi connectivity index (χ4v) is 3.25. The highest BCUT2D eigenvalue weighted by atomic mass is 35.5. The molecule has 1 saturated carbocycles. The van der Waals surface area contributed by atoms with Crippen LogP contribution in [0.3, 0.4) is 0 Å². The van der Waals surface area contributed by atoms with Crippen LogP contribution in [0.15, 0.2) is 30.6 Å². The van der Waals surface area contributed by atoms with E-state index in [1.807, 2.05) is 0 Å². The highest BCUT2D eigenvalue weighted by Gasteiger charge is 2.38. The molecule has 6 nitrogen and oxygen atoms in total. The third-order valence-corrected chi connectivity index (χ3v) is 4.92. The number of aliphatic hydroxyl groups is 1. The predicted molar refractivity (Wildman–Crippen MR) is 102 cm³/mol. The number of hydrogen-bond donors (Lipinski definition) is 3. The second-order valence-corrected chi connectivity index (χ2v) is 7.34. The monoisotopic (exact) mass is 433 g/mol. The number of nitrogens with zero attached hydrogens (tertiary/aromatic N) is 2. The number of alkyl halides is 3. The molecule has 3 N–H and O–H groups in total. The van der Waals surface area contributed by atoms with Gasteiger partial charge in [-0.25, -0.2) is 9.48 Å². The van der Waals surface area contributed by atoms with Crippen LogP contribution in [-0.4, -0.2) is 44.8 Å². The van der Waals surface area contributed by atoms with E-state index in [0.717, 1.165) is 38.0 Å². The summed E-state index contributed by atoms with van der Waals surface area (Å²) in [5.41, 5.74) is 3.51. The van der Waals surface area contributed by atoms with E-state index in [1.165, 1.54) is 11.1 Å². The van der Waals surface area contributed by atoms with Gasteiger partial charge in [-0.1, -0.05) is 24.1 Å². The van der Waals surface area contributed by atoms with E-state index in [-0.39, 0.29) is 6.10 Å². The van der Waals surface area contributed by atoms with Gasteiger partial charge in [0.15, 0.2) is 0 Å². The van der Waals surface area contributed by atoms with Crippen LogP contribution in [0.1, 0.15) is 30.4 Å². The number of aliphatic carboxylic acids is 1. The quantitative estimate of drug-likeness (QED) is 0.669. The van der Waals surface area contributed by atoms with Crippen LogP contribution in [-0.2, 0) is 11.3 Å². The number of benzene rings is 1. The molecule has 0 bridgehead atoms. The summed E-state index contributed by atoms with van der Waals surface area (Å²) in [7, 11) is 0. The minimum absolute atomic E-state index is 0.125. The van der Waals surface area contributed by atoms with Crippen molar-refractivity contribution in [1.29, 1.82) is 0 Å². The molecule has 0 radical (unpaired) electrons. The van der Waals surface area contributed by atoms with Gasteiger partial charge in [-0.3, -0.25) is 0 Å². The van der Waals surface area contributed by atoms with Gasteiger partial charge >= 0.3 is 12.1 Å². The molecule has 0 spiro atoms. The van der Waals surface area contributed by atoms with Crippen molar-refractivity contribution in [2.45, 2.75) is 45.0 Å². The first-order valence-electron chi connectivity index (χ1n) is 9.07. The summed E-state index contributed by atoms with van der Waals surface area (Å²) < 4.78 is 33.5. The molecule has 2 aromatic rings. The van der Waals surface area contributed by atoms with Crippen molar-refractivity contribution in [1.82, 2.24) is 15.1 Å². The van der Waals surface area contributed by atoms with Crippen molar-refractivity contribution >= 4 is 17.6 Å². The Morgan fingerprint density at radius 1 is 1.38 bits per heavy atom. The second kappa shape index (κ2) is 10.1. The van der Waals surface area contributed by atoms with Crippen molar-refractivity contribution < 1.29 is 28.2 Å². The largest absolute Gasteiger partial charge is 0.490 e. The smallest absolute Gasteiger partial charge is 0.475 e. The third kappa shape index (κ3) is 7.02. The van der Waals surface area contributed by atoms with E-state index >= 15 is 0 Å². The summed E-state index contributed by atoms with van der Waals surface area (Å²) in [5, 5.41) is 25.3. The Balaban J connectivity index is 0.000000370. The van der Waals surface area contributed by atoms with Gasteiger partial charge in [-0.2, -0.15) is 18.3 Å². The Hall–Kier alpha value is -2.10. The summed E-state index contributed by atoms with van der Waals surface area (Å²) in [6.07, 6.45) is 1.46. The van der Waals surface area contributed by atoms with Gasteiger partial charge in [0, 0.05) is 19.3 Å². The topological polar surface area (TPSA) is 87.4 Å². The Morgan fingerprint density at radius 2 is 2.07 bits per heavy atom. The van der Waals surface area contributed by atoms with Gasteiger partial charge < -0.3 is 15.5 Å². The van der Waals surface area contributed by atoms with Crippen molar-refractivity contribution in [2.24, 2.45) is 5.92 Å². The molecule has 2 atom stereocenters. The molecule has 0 aliphatic heterocycles. The number of carbonyl (C=O) groups is 1. The minimum atomic E-state index is -5.08. The van der Waals surface area contributed by atoms with Crippen LogP contribution in [0.5, 0.6) is 0 Å². The molecular formula is C19H23ClF3N3O3. The summed E-state index contributed by atoms with van der Waals surface area (Å²) >= 11 is 5.91. The lowest BCUT2D eigenvalue weighted by Crippen LogP contribution is -2.27. The maximum atomic E-state index is 10.6. The molecule has 29 heavy (non-hydrogen) atoms. The molecule has 1 aliphatic carbocycles. The lowest BCUT2D eigenvalue weighted by Gasteiger charge is -2.16. The summed E-state index contributed by atoms with van der Waals surface area (Å²) in [4.78, 5) is 8.90. The lowest BCUT2D eigenvalue weighted by atomic mass is 10.1. The fraction of sp³-hybridized carbons (Fsp3) is 0.474. The van der Waals surface area contributed by atoms with Crippen LogP contribution in [0, 0.1) is 12.8 Å². The second-order valence-electron chi connectivity index (χ2n) is 6.91. The zero-order valence-electron chi connectivity index (χ0n) is 15.8. The number of carboxylic acids is 1. The Morgan fingerprint density at radius 3 is 2.55 bits per heavy atom. The molecular weight excluding hydrogens is 411 g/mol. The van der Waals surface area contributed by atoms with E-state index in [9.17, 15) is 18.3 Å². The first-order valence-corrected chi connectivity index (χ1v) is 9.44. The number of carboxylic acid groups (broad SMARTS) is 1. The number of aliphatic hydroxyl groups excluding tert-OH is 1. The number of hydrogen-bond acceptors (Lipinski definition) is 4. The standard InChI is InChI=1S/C17H22ClN3O.C2HF3O2/c1-12-7-16(21-11-15(18)10-20-21)6-5-13(12)8-19-9-14-3-2-4-17(14)22;3-2(4,5)1(6)7/h5-7,10-11,14,17,19,22H,2-4,8-9H2,1H3;(H,6,7)/t14-,17+;/m0./s1. The maximum absolute atomic E-state index is 10.6. The molecule has 10 heteroatoms. The Kier molecular flexibility index (Phi) is 8.06. The molecule has 0 unspecified atom stereocenters. The van der Waals surface area contributed by atoms with E-state index in [1.54, 1.807) is 17.1 Å². The van der Waals surface area contributed by atoms with Gasteiger partial charge in [-0.05, 0) is 48.9 Å². The van der Waals surface area contributed by atoms with Gasteiger partial charge in [0.2, 0.25) is 0 Å². The Bertz CT molecular complexity index is 827. The molecule has 0 saturated heterocycles. The van der Waals surface area contributed by atoms with Crippen LogP contribution < -0.4 is 5.32 Å². The van der Waals surface area contributed by atoms with Crippen molar-refractivity contribution in [3.05, 3.63) is 46.7 Å². The van der Waals surface area contributed by atoms with Crippen LogP contribution >= 0.6 is 11.6 Å². The Labute approximate surface area is 171 Å². The molecule has 1 heterocycles. The first kappa shape index (κ1) is 23.2. The highest BCUT2D eigenvalue weighted by Crippen LogP contribution is 2.25. The number of nitrogens with one attached hydrogen (secondary N) is 1. The lowest BCUT2D eigenvalue weighted by molar-refractivity contribution is -0.192. The summed E-state index contributed by atoms with van der Waals surface area (Å²) in [6, 6.07) is 6.29. The van der Waals surface area contributed by atoms with Gasteiger partial charge in [0.05, 0.1) is 23.0 Å². The van der Waals surface area contributed by atoms with E-state index in [2.05, 4.69) is 35.5 Å². The normalized spacial score (nSPS) is 19.0. The molecule has 0 amide bonds. The SMILES string of the molecule is Cc1cc(-n2cc(Cl)cn2)ccc1CNC[C@@H]1CCC[C@H]1O.O=C(O)C(F)(F)F. The van der Waals surface area contributed by atoms with E-state index in [4.69, 9.17) is 21.5 Å². The van der Waals surface area contributed by atoms with Crippen molar-refractivity contribution in [3.8, 4) is 5.69 Å². The van der Waals surface area contributed by atoms with Crippen LogP contribution in [0.25, 0.3) is 5.69 Å². The van der Waals surface area contributed by atoms with Gasteiger partial charge in [0.1, 0.15) is 0 Å². The molecule has 160 valence electrons. The zero-order valence-corrected chi connectivity index (χ0v) is 16.5. The summed E-state index contributed by atoms with van der Waals surface area (Å²) in [6.45, 7) is 3.82. The molecule has 1 aromatic heterocycles. The average Bonchev–Trinajstić information content (AvgIpc) is 3.24. The number of aryl methyl sites for hydroxylation is 1. The fourth-order valence-electron chi connectivity index (χ4n) is 3.11. The first-order chi connectivity index (χ1) is 13.6. The van der Waals surface area contributed by atoms with Gasteiger partial charge in [-0.15, -0.1) is 0 Å². The molecule has 1 aliphatic rings. The van der Waals surface area contributed by atoms with Crippen LogP contribution in [0.4, 0.5) is 13.2 Å². The predicted octanol–water partition coefficient (Wildman–Crippen LogP) is 3.72. The number of halogens is 4. The molecule has 3 rings (SSSR count). The maximum Gasteiger partial charge on any atom is 0.490 e. The van der Waals surface area contributed by atoms with Crippen molar-refractivity contribution in [3.63, 3.8) is 0 Å². The van der Waals surface area contributed by atoms with Crippen molar-refractivity contribution in [2.75, 3.05) is 6.54 Å². The highest BCUT2D eigenvalue weighted by molar-refractivity contribution is 6.30. The summed E-state index contributed by atoms with van der Waals surface area (Å²) in [5.74, 6) is -2.35.